The molecular formula is C11H15BrClN3O. The molecule has 1 atom stereocenters. The van der Waals surface area contributed by atoms with Gasteiger partial charge in [-0.2, -0.15) is 0 Å². The van der Waals surface area contributed by atoms with Crippen molar-refractivity contribution < 1.29 is 4.79 Å². The summed E-state index contributed by atoms with van der Waals surface area (Å²) in [5.74, 6) is 0. The van der Waals surface area contributed by atoms with Crippen molar-refractivity contribution in [3.05, 3.63) is 28.7 Å². The number of halogens is 2. The minimum atomic E-state index is -0.0777. The van der Waals surface area contributed by atoms with Gasteiger partial charge in [0.25, 0.3) is 0 Å². The summed E-state index contributed by atoms with van der Waals surface area (Å²) < 4.78 is 0.948. The minimum absolute atomic E-state index is 0. The lowest BCUT2D eigenvalue weighted by Gasteiger charge is -2.16. The van der Waals surface area contributed by atoms with Gasteiger partial charge in [0, 0.05) is 29.3 Å². The standard InChI is InChI=1S/C11H14BrN3O.ClH/c12-8-2-1-3-10(6-8)14-11(16)15-5-4-9(13)7-15;/h1-3,6,9H,4-5,7,13H2,(H,14,16);1H. The summed E-state index contributed by atoms with van der Waals surface area (Å²) in [6.07, 6.45) is 0.881. The Balaban J connectivity index is 0.00000144. The van der Waals surface area contributed by atoms with Crippen LogP contribution < -0.4 is 11.1 Å². The van der Waals surface area contributed by atoms with Crippen LogP contribution >= 0.6 is 28.3 Å². The number of urea groups is 1. The van der Waals surface area contributed by atoms with E-state index < -0.39 is 0 Å². The lowest BCUT2D eigenvalue weighted by Crippen LogP contribution is -2.35. The fourth-order valence-corrected chi connectivity index (χ4v) is 2.14. The molecule has 1 fully saturated rings. The number of anilines is 1. The summed E-state index contributed by atoms with van der Waals surface area (Å²) in [5, 5.41) is 2.85. The van der Waals surface area contributed by atoms with Gasteiger partial charge in [-0.05, 0) is 24.6 Å². The van der Waals surface area contributed by atoms with Gasteiger partial charge in [0.1, 0.15) is 0 Å². The molecular weight excluding hydrogens is 305 g/mol. The first-order valence-electron chi connectivity index (χ1n) is 5.22. The first-order chi connectivity index (χ1) is 7.65. The predicted octanol–water partition coefficient (Wildman–Crippen LogP) is 2.44. The zero-order valence-corrected chi connectivity index (χ0v) is 11.6. The number of carbonyl (C=O) groups is 1. The van der Waals surface area contributed by atoms with E-state index in [0.29, 0.717) is 6.54 Å². The van der Waals surface area contributed by atoms with Crippen LogP contribution in [0.15, 0.2) is 28.7 Å². The van der Waals surface area contributed by atoms with Crippen LogP contribution in [0.2, 0.25) is 0 Å². The van der Waals surface area contributed by atoms with E-state index in [9.17, 15) is 4.79 Å². The Hall–Kier alpha value is -0.780. The Morgan fingerprint density at radius 3 is 2.88 bits per heavy atom. The number of nitrogens with one attached hydrogen (secondary N) is 1. The number of benzene rings is 1. The molecule has 17 heavy (non-hydrogen) atoms. The summed E-state index contributed by atoms with van der Waals surface area (Å²) in [6.45, 7) is 1.38. The van der Waals surface area contributed by atoms with Crippen LogP contribution in [-0.4, -0.2) is 30.1 Å². The molecule has 0 radical (unpaired) electrons. The largest absolute Gasteiger partial charge is 0.326 e. The Kier molecular flexibility index (Phi) is 5.24. The second-order valence-electron chi connectivity index (χ2n) is 3.94. The van der Waals surface area contributed by atoms with Gasteiger partial charge in [-0.1, -0.05) is 22.0 Å². The van der Waals surface area contributed by atoms with E-state index >= 15 is 0 Å². The number of amides is 2. The van der Waals surface area contributed by atoms with Gasteiger partial charge in [-0.25, -0.2) is 4.79 Å². The number of nitrogens with zero attached hydrogens (tertiary/aromatic N) is 1. The predicted molar refractivity (Wildman–Crippen MR) is 74.6 cm³/mol. The van der Waals surface area contributed by atoms with Gasteiger partial charge >= 0.3 is 6.03 Å². The molecule has 1 aliphatic heterocycles. The SMILES string of the molecule is Cl.NC1CCN(C(=O)Nc2cccc(Br)c2)C1. The molecule has 94 valence electrons. The highest BCUT2D eigenvalue weighted by Gasteiger charge is 2.23. The second kappa shape index (κ2) is 6.23. The number of rotatable bonds is 1. The van der Waals surface area contributed by atoms with Crippen molar-refractivity contribution in [2.24, 2.45) is 5.73 Å². The van der Waals surface area contributed by atoms with Gasteiger partial charge < -0.3 is 16.0 Å². The smallest absolute Gasteiger partial charge is 0.321 e. The summed E-state index contributed by atoms with van der Waals surface area (Å²) in [4.78, 5) is 13.6. The molecule has 1 unspecified atom stereocenters. The molecule has 0 spiro atoms. The lowest BCUT2D eigenvalue weighted by molar-refractivity contribution is 0.222. The third-order valence-electron chi connectivity index (χ3n) is 2.59. The van der Waals surface area contributed by atoms with E-state index in [1.165, 1.54) is 0 Å². The van der Waals surface area contributed by atoms with Crippen molar-refractivity contribution in [3.8, 4) is 0 Å². The molecule has 2 rings (SSSR count). The number of hydrogen-bond donors (Lipinski definition) is 2. The van der Waals surface area contributed by atoms with Crippen LogP contribution in [0.1, 0.15) is 6.42 Å². The number of hydrogen-bond acceptors (Lipinski definition) is 2. The molecule has 0 saturated carbocycles. The topological polar surface area (TPSA) is 58.4 Å². The molecule has 2 amide bonds. The van der Waals surface area contributed by atoms with E-state index in [1.54, 1.807) is 4.90 Å². The molecule has 1 aliphatic rings. The number of carbonyl (C=O) groups excluding carboxylic acids is 1. The zero-order chi connectivity index (χ0) is 11.5. The minimum Gasteiger partial charge on any atom is -0.326 e. The maximum Gasteiger partial charge on any atom is 0.321 e. The van der Waals surface area contributed by atoms with Crippen molar-refractivity contribution >= 4 is 40.1 Å². The highest BCUT2D eigenvalue weighted by molar-refractivity contribution is 9.10. The van der Waals surface area contributed by atoms with Crippen molar-refractivity contribution in [1.82, 2.24) is 4.90 Å². The quantitative estimate of drug-likeness (QED) is 0.835. The molecule has 0 aliphatic carbocycles. The molecule has 0 aromatic heterocycles. The van der Waals surface area contributed by atoms with E-state index in [-0.39, 0.29) is 24.5 Å². The molecule has 1 aromatic carbocycles. The van der Waals surface area contributed by atoms with Crippen LogP contribution in [0.4, 0.5) is 10.5 Å². The monoisotopic (exact) mass is 319 g/mol. The average Bonchev–Trinajstić information content (AvgIpc) is 2.65. The van der Waals surface area contributed by atoms with Crippen molar-refractivity contribution in [2.75, 3.05) is 18.4 Å². The van der Waals surface area contributed by atoms with Crippen molar-refractivity contribution in [3.63, 3.8) is 0 Å². The third kappa shape index (κ3) is 3.87. The second-order valence-corrected chi connectivity index (χ2v) is 4.85. The van der Waals surface area contributed by atoms with Gasteiger partial charge in [0.05, 0.1) is 0 Å². The fourth-order valence-electron chi connectivity index (χ4n) is 1.74. The molecule has 3 N–H and O–H groups in total. The first-order valence-corrected chi connectivity index (χ1v) is 6.01. The van der Waals surface area contributed by atoms with E-state index in [0.717, 1.165) is 23.1 Å². The molecule has 1 heterocycles. The number of nitrogens with two attached hydrogens (primary N) is 1. The summed E-state index contributed by atoms with van der Waals surface area (Å²) in [6, 6.07) is 7.57. The maximum atomic E-state index is 11.8. The van der Waals surface area contributed by atoms with Crippen molar-refractivity contribution in [2.45, 2.75) is 12.5 Å². The average molecular weight is 321 g/mol. The van der Waals surface area contributed by atoms with Crippen LogP contribution in [-0.2, 0) is 0 Å². The van der Waals surface area contributed by atoms with Gasteiger partial charge in [0.15, 0.2) is 0 Å². The highest BCUT2D eigenvalue weighted by atomic mass is 79.9. The Bertz CT molecular complexity index is 402. The van der Waals surface area contributed by atoms with E-state index in [4.69, 9.17) is 5.73 Å². The van der Waals surface area contributed by atoms with Crippen LogP contribution in [0, 0.1) is 0 Å². The van der Waals surface area contributed by atoms with Crippen LogP contribution in [0.5, 0.6) is 0 Å². The summed E-state index contributed by atoms with van der Waals surface area (Å²) in [5.41, 5.74) is 6.54. The Labute approximate surface area is 115 Å². The molecule has 4 nitrogen and oxygen atoms in total. The van der Waals surface area contributed by atoms with Crippen molar-refractivity contribution in [1.29, 1.82) is 0 Å². The van der Waals surface area contributed by atoms with Crippen LogP contribution in [0.25, 0.3) is 0 Å². The molecule has 1 saturated heterocycles. The van der Waals surface area contributed by atoms with E-state index in [2.05, 4.69) is 21.2 Å². The number of likely N-dealkylation sites (tertiary alicyclic amines) is 1. The summed E-state index contributed by atoms with van der Waals surface area (Å²) >= 11 is 3.36. The van der Waals surface area contributed by atoms with Gasteiger partial charge in [-0.3, -0.25) is 0 Å². The zero-order valence-electron chi connectivity index (χ0n) is 9.23. The first kappa shape index (κ1) is 14.3. The van der Waals surface area contributed by atoms with Gasteiger partial charge in [0.2, 0.25) is 0 Å². The normalized spacial score (nSPS) is 18.7. The molecule has 0 bridgehead atoms. The van der Waals surface area contributed by atoms with E-state index in [1.807, 2.05) is 24.3 Å². The lowest BCUT2D eigenvalue weighted by atomic mass is 10.3. The summed E-state index contributed by atoms with van der Waals surface area (Å²) in [7, 11) is 0. The molecule has 6 heteroatoms. The maximum absolute atomic E-state index is 11.8. The van der Waals surface area contributed by atoms with Gasteiger partial charge in [-0.15, -0.1) is 12.4 Å². The Morgan fingerprint density at radius 2 is 2.29 bits per heavy atom. The van der Waals surface area contributed by atoms with Crippen LogP contribution in [0.3, 0.4) is 0 Å². The molecule has 1 aromatic rings. The Morgan fingerprint density at radius 1 is 1.53 bits per heavy atom. The fraction of sp³-hybridized carbons (Fsp3) is 0.364. The third-order valence-corrected chi connectivity index (χ3v) is 3.08. The highest BCUT2D eigenvalue weighted by Crippen LogP contribution is 2.17.